The molecule has 24 heavy (non-hydrogen) atoms. The minimum Gasteiger partial charge on any atom is -0.360 e. The Morgan fingerprint density at radius 2 is 2.00 bits per heavy atom. The van der Waals surface area contributed by atoms with Crippen LogP contribution in [0, 0.1) is 5.82 Å². The summed E-state index contributed by atoms with van der Waals surface area (Å²) in [6, 6.07) is 3.78. The first-order valence-corrected chi connectivity index (χ1v) is 9.09. The van der Waals surface area contributed by atoms with Crippen molar-refractivity contribution >= 4 is 13.4 Å². The van der Waals surface area contributed by atoms with Gasteiger partial charge in [0.2, 0.25) is 0 Å². The third-order valence-corrected chi connectivity index (χ3v) is 6.07. The van der Waals surface area contributed by atoms with E-state index in [1.54, 1.807) is 0 Å². The Bertz CT molecular complexity index is 850. The van der Waals surface area contributed by atoms with Crippen LogP contribution in [0.2, 0.25) is 0 Å². The molecule has 8 heteroatoms. The number of carbonyl (C=O) groups excluding carboxylic acids is 1. The molecule has 0 atom stereocenters. The lowest BCUT2D eigenvalue weighted by atomic mass is 9.90. The Balaban J connectivity index is 2.15. The molecule has 0 unspecified atom stereocenters. The third-order valence-electron chi connectivity index (χ3n) is 4.39. The maximum atomic E-state index is 14.4. The predicted molar refractivity (Wildman–Crippen MR) is 83.4 cm³/mol. The van der Waals surface area contributed by atoms with Gasteiger partial charge >= 0.3 is 7.60 Å². The molecule has 128 valence electrons. The molecule has 1 fully saturated rings. The molecule has 1 heterocycles. The van der Waals surface area contributed by atoms with Crippen LogP contribution in [0.1, 0.15) is 59.9 Å². The van der Waals surface area contributed by atoms with Gasteiger partial charge in [0.1, 0.15) is 5.82 Å². The van der Waals surface area contributed by atoms with Crippen LogP contribution in [0.4, 0.5) is 4.39 Å². The second-order valence-corrected chi connectivity index (χ2v) is 8.68. The molecule has 0 radical (unpaired) electrons. The maximum absolute atomic E-state index is 14.4. The largest absolute Gasteiger partial charge is 0.360 e. The monoisotopic (exact) mass is 353 g/mol. The minimum atomic E-state index is -4.71. The third kappa shape index (κ3) is 2.73. The van der Waals surface area contributed by atoms with E-state index in [1.165, 1.54) is 32.2 Å². The van der Waals surface area contributed by atoms with Gasteiger partial charge in [-0.3, -0.25) is 9.36 Å². The van der Waals surface area contributed by atoms with E-state index in [0.717, 1.165) is 18.9 Å². The van der Waals surface area contributed by atoms with Crippen LogP contribution in [0.5, 0.6) is 0 Å². The van der Waals surface area contributed by atoms with E-state index in [1.807, 2.05) is 0 Å². The molecule has 1 aliphatic rings. The Kier molecular flexibility index (Phi) is 3.98. The Morgan fingerprint density at radius 1 is 1.33 bits per heavy atom. The fraction of sp³-hybridized carbons (Fsp3) is 0.375. The summed E-state index contributed by atoms with van der Waals surface area (Å²) in [6.07, 6.45) is 3.05. The van der Waals surface area contributed by atoms with Crippen LogP contribution in [-0.2, 0) is 9.72 Å². The van der Waals surface area contributed by atoms with Crippen molar-refractivity contribution in [2.24, 2.45) is 0 Å². The van der Waals surface area contributed by atoms with Crippen molar-refractivity contribution in [3.8, 4) is 0 Å². The number of ketones is 1. The molecule has 6 nitrogen and oxygen atoms in total. The number of hydrogen-bond donors (Lipinski definition) is 2. The van der Waals surface area contributed by atoms with E-state index < -0.39 is 24.4 Å². The van der Waals surface area contributed by atoms with Crippen LogP contribution >= 0.6 is 7.60 Å². The van der Waals surface area contributed by atoms with Crippen molar-refractivity contribution in [3.63, 3.8) is 0 Å². The molecular formula is C16H17FNO5P. The molecule has 1 aliphatic carbocycles. The normalized spacial score (nSPS) is 15.5. The number of nitrogens with zero attached hydrogens (tertiary/aromatic N) is 1. The highest BCUT2D eigenvalue weighted by Gasteiger charge is 2.44. The minimum absolute atomic E-state index is 0.0894. The SMILES string of the molecule is CC(C)(c1c(F)cccc1C(=O)c1cnoc1C1CC1)P(=O)(O)O. The van der Waals surface area contributed by atoms with Crippen molar-refractivity contribution in [3.05, 3.63) is 52.7 Å². The first kappa shape index (κ1) is 17.0. The second kappa shape index (κ2) is 5.62. The molecule has 1 aromatic heterocycles. The number of carbonyl (C=O) groups is 1. The molecular weight excluding hydrogens is 336 g/mol. The zero-order valence-electron chi connectivity index (χ0n) is 13.2. The van der Waals surface area contributed by atoms with Crippen LogP contribution in [0.15, 0.2) is 28.9 Å². The summed E-state index contributed by atoms with van der Waals surface area (Å²) >= 11 is 0. The Morgan fingerprint density at radius 3 is 2.58 bits per heavy atom. The molecule has 0 spiro atoms. The quantitative estimate of drug-likeness (QED) is 0.632. The summed E-state index contributed by atoms with van der Waals surface area (Å²) in [5, 5.41) is 1.80. The standard InChI is InChI=1S/C16H17FNO5P/c1-16(2,24(20,21)22)13-10(4-3-5-12(13)17)14(19)11-8-18-23-15(11)9-6-7-9/h3-5,8-9H,6-7H2,1-2H3,(H2,20,21,22). The number of rotatable bonds is 5. The average Bonchev–Trinajstić information content (AvgIpc) is 3.22. The van der Waals surface area contributed by atoms with Gasteiger partial charge in [-0.25, -0.2) is 4.39 Å². The number of aromatic nitrogens is 1. The van der Waals surface area contributed by atoms with Crippen LogP contribution in [0.25, 0.3) is 0 Å². The van der Waals surface area contributed by atoms with Crippen molar-refractivity contribution in [2.45, 2.75) is 37.8 Å². The van der Waals surface area contributed by atoms with Crippen LogP contribution in [-0.4, -0.2) is 20.7 Å². The molecule has 0 aliphatic heterocycles. The van der Waals surface area contributed by atoms with Gasteiger partial charge in [-0.05, 0) is 32.8 Å². The van der Waals surface area contributed by atoms with Gasteiger partial charge in [0.05, 0.1) is 16.9 Å². The molecule has 2 aromatic rings. The first-order valence-electron chi connectivity index (χ1n) is 7.48. The van der Waals surface area contributed by atoms with Crippen molar-refractivity contribution in [1.29, 1.82) is 0 Å². The summed E-state index contributed by atoms with van der Waals surface area (Å²) in [5.41, 5.74) is -0.175. The predicted octanol–water partition coefficient (Wildman–Crippen LogP) is 3.33. The molecule has 0 bridgehead atoms. The van der Waals surface area contributed by atoms with Gasteiger partial charge < -0.3 is 14.3 Å². The van der Waals surface area contributed by atoms with Crippen molar-refractivity contribution in [1.82, 2.24) is 5.16 Å². The summed E-state index contributed by atoms with van der Waals surface area (Å²) < 4.78 is 31.4. The molecule has 0 amide bonds. The fourth-order valence-electron chi connectivity index (χ4n) is 2.69. The van der Waals surface area contributed by atoms with Gasteiger partial charge in [-0.1, -0.05) is 17.3 Å². The molecule has 0 saturated heterocycles. The average molecular weight is 353 g/mol. The van der Waals surface area contributed by atoms with E-state index in [4.69, 9.17) is 4.52 Å². The van der Waals surface area contributed by atoms with Crippen molar-refractivity contribution < 1.29 is 28.1 Å². The van der Waals surface area contributed by atoms with Gasteiger partial charge in [-0.2, -0.15) is 0 Å². The van der Waals surface area contributed by atoms with Crippen molar-refractivity contribution in [2.75, 3.05) is 0 Å². The van der Waals surface area contributed by atoms with E-state index in [9.17, 15) is 23.5 Å². The highest BCUT2D eigenvalue weighted by Crippen LogP contribution is 2.57. The van der Waals surface area contributed by atoms with Crippen LogP contribution < -0.4 is 0 Å². The lowest BCUT2D eigenvalue weighted by Crippen LogP contribution is -2.23. The van der Waals surface area contributed by atoms with Gasteiger partial charge in [-0.15, -0.1) is 0 Å². The smallest absolute Gasteiger partial charge is 0.335 e. The fourth-order valence-corrected chi connectivity index (χ4v) is 3.20. The van der Waals surface area contributed by atoms with Gasteiger partial charge in [0.25, 0.3) is 0 Å². The van der Waals surface area contributed by atoms with E-state index in [-0.39, 0.29) is 22.6 Å². The number of benzene rings is 1. The van der Waals surface area contributed by atoms with E-state index in [0.29, 0.717) is 5.76 Å². The Labute approximate surface area is 137 Å². The van der Waals surface area contributed by atoms with Crippen LogP contribution in [0.3, 0.4) is 0 Å². The van der Waals surface area contributed by atoms with E-state index in [2.05, 4.69) is 5.16 Å². The topological polar surface area (TPSA) is 101 Å². The molecule has 1 saturated carbocycles. The Hall–Kier alpha value is -1.82. The zero-order valence-corrected chi connectivity index (χ0v) is 14.1. The van der Waals surface area contributed by atoms with Gasteiger partial charge in [0, 0.05) is 17.0 Å². The summed E-state index contributed by atoms with van der Waals surface area (Å²) in [5.74, 6) is -0.810. The highest BCUT2D eigenvalue weighted by molar-refractivity contribution is 7.53. The summed E-state index contributed by atoms with van der Waals surface area (Å²) in [4.78, 5) is 32.1. The molecule has 1 aromatic carbocycles. The van der Waals surface area contributed by atoms with E-state index >= 15 is 0 Å². The lowest BCUT2D eigenvalue weighted by molar-refractivity contribution is 0.103. The second-order valence-electron chi connectivity index (χ2n) is 6.47. The summed E-state index contributed by atoms with van der Waals surface area (Å²) in [6.45, 7) is 2.44. The maximum Gasteiger partial charge on any atom is 0.335 e. The first-order chi connectivity index (χ1) is 11.1. The number of halogens is 1. The lowest BCUT2D eigenvalue weighted by Gasteiger charge is -2.28. The summed E-state index contributed by atoms with van der Waals surface area (Å²) in [7, 11) is -4.71. The van der Waals surface area contributed by atoms with Gasteiger partial charge in [0.15, 0.2) is 11.5 Å². The highest BCUT2D eigenvalue weighted by atomic mass is 31.2. The molecule has 3 rings (SSSR count). The number of hydrogen-bond acceptors (Lipinski definition) is 4. The molecule has 2 N–H and O–H groups in total. The zero-order chi connectivity index (χ0) is 17.7.